The van der Waals surface area contributed by atoms with Crippen LogP contribution in [0.25, 0.3) is 23.3 Å². The smallest absolute Gasteiger partial charge is 0.0680 e. The topological polar surface area (TPSA) is 32.3 Å². The molecule has 0 heterocycles. The van der Waals surface area contributed by atoms with Gasteiger partial charge in [0.05, 0.1) is 5.69 Å². The summed E-state index contributed by atoms with van der Waals surface area (Å²) in [5.74, 6) is 0. The van der Waals surface area contributed by atoms with E-state index in [2.05, 4.69) is 18.6 Å². The van der Waals surface area contributed by atoms with E-state index < -0.39 is 0 Å². The summed E-state index contributed by atoms with van der Waals surface area (Å²) >= 11 is 0. The zero-order valence-electron chi connectivity index (χ0n) is 10.1. The Morgan fingerprint density at radius 1 is 0.895 bits per heavy atom. The molecule has 19 heavy (non-hydrogen) atoms. The van der Waals surface area contributed by atoms with Crippen LogP contribution in [0, 0.1) is 0 Å². The molecule has 0 aliphatic rings. The fourth-order valence-corrected chi connectivity index (χ4v) is 2.04. The summed E-state index contributed by atoms with van der Waals surface area (Å²) in [4.78, 5) is 0. The van der Waals surface area contributed by atoms with Crippen molar-refractivity contribution in [3.05, 3.63) is 66.7 Å². The highest BCUT2D eigenvalue weighted by Crippen LogP contribution is 2.32. The molecule has 0 aliphatic carbocycles. The van der Waals surface area contributed by atoms with Crippen LogP contribution in [0.2, 0.25) is 0 Å². The minimum Gasteiger partial charge on any atom is -0.291 e. The molecule has 0 bridgehead atoms. The molecule has 98 valence electrons. The number of hydrogen-bond donors (Lipinski definition) is 2. The van der Waals surface area contributed by atoms with Gasteiger partial charge in [-0.25, -0.2) is 0 Å². The summed E-state index contributed by atoms with van der Waals surface area (Å²) in [7, 11) is 0. The van der Waals surface area contributed by atoms with Gasteiger partial charge in [-0.05, 0) is 22.8 Å². The molecule has 0 atom stereocenters. The first-order valence-electron chi connectivity index (χ1n) is 5.69. The van der Waals surface area contributed by atoms with Gasteiger partial charge in [-0.2, -0.15) is 0 Å². The third-order valence-corrected chi connectivity index (χ3v) is 2.90. The molecule has 0 radical (unpaired) electrons. The molecule has 0 saturated heterocycles. The summed E-state index contributed by atoms with van der Waals surface area (Å²) in [6.07, 6.45) is 3.61. The van der Waals surface area contributed by atoms with Crippen molar-refractivity contribution in [1.82, 2.24) is 0 Å². The lowest BCUT2D eigenvalue weighted by Gasteiger charge is -2.13. The third-order valence-electron chi connectivity index (χ3n) is 2.90. The molecule has 0 saturated carbocycles. The number of nitrogens with one attached hydrogen (secondary N) is 1. The first-order chi connectivity index (χ1) is 8.81. The molecule has 2 heteroatoms. The molecule has 2 aromatic carbocycles. The van der Waals surface area contributed by atoms with Crippen LogP contribution in [0.3, 0.4) is 0 Å². The largest absolute Gasteiger partial charge is 0.291 e. The first kappa shape index (κ1) is 14.7. The van der Waals surface area contributed by atoms with Gasteiger partial charge in [0.2, 0.25) is 0 Å². The van der Waals surface area contributed by atoms with Crippen molar-refractivity contribution in [3.8, 4) is 11.1 Å². The molecule has 2 nitrogen and oxygen atoms in total. The van der Waals surface area contributed by atoms with Crippen LogP contribution in [0.1, 0.15) is 18.6 Å². The standard InChI is InChI=1S/C16H15NO.CH4/c1-3-12-8-7-10-14(13(12)4-2)15-9-5-6-11-16(15)17-18;/h3-11,17-18H,1-2H2;1H4. The third kappa shape index (κ3) is 2.75. The summed E-state index contributed by atoms with van der Waals surface area (Å²) in [5.41, 5.74) is 6.87. The monoisotopic (exact) mass is 253 g/mol. The molecule has 0 aromatic heterocycles. The van der Waals surface area contributed by atoms with Crippen LogP contribution in [0.5, 0.6) is 0 Å². The number of rotatable bonds is 4. The second kappa shape index (κ2) is 6.57. The van der Waals surface area contributed by atoms with Gasteiger partial charge in [-0.3, -0.25) is 10.7 Å². The van der Waals surface area contributed by atoms with Crippen molar-refractivity contribution >= 4 is 17.8 Å². The molecular weight excluding hydrogens is 234 g/mol. The van der Waals surface area contributed by atoms with Crippen LogP contribution < -0.4 is 5.48 Å². The zero-order chi connectivity index (χ0) is 13.0. The van der Waals surface area contributed by atoms with E-state index in [-0.39, 0.29) is 7.43 Å². The first-order valence-corrected chi connectivity index (χ1v) is 5.69. The van der Waals surface area contributed by atoms with Crippen molar-refractivity contribution in [1.29, 1.82) is 0 Å². The highest BCUT2D eigenvalue weighted by molar-refractivity contribution is 5.86. The number of hydrogen-bond acceptors (Lipinski definition) is 2. The molecule has 0 aliphatic heterocycles. The molecule has 0 unspecified atom stereocenters. The Labute approximate surface area is 114 Å². The van der Waals surface area contributed by atoms with Crippen LogP contribution in [0.15, 0.2) is 55.6 Å². The molecule has 2 aromatic rings. The van der Waals surface area contributed by atoms with Crippen LogP contribution in [-0.2, 0) is 0 Å². The molecule has 0 fully saturated rings. The summed E-state index contributed by atoms with van der Waals surface area (Å²) in [6, 6.07) is 13.5. The minimum atomic E-state index is 0. The van der Waals surface area contributed by atoms with Gasteiger partial charge in [-0.1, -0.05) is 69.1 Å². The number of benzene rings is 2. The van der Waals surface area contributed by atoms with Crippen molar-refractivity contribution in [2.24, 2.45) is 0 Å². The number of para-hydroxylation sites is 1. The fraction of sp³-hybridized carbons (Fsp3) is 0.0588. The van der Waals surface area contributed by atoms with Gasteiger partial charge in [0.25, 0.3) is 0 Å². The van der Waals surface area contributed by atoms with E-state index in [4.69, 9.17) is 0 Å². The predicted octanol–water partition coefficient (Wildman–Crippen LogP) is 5.08. The van der Waals surface area contributed by atoms with E-state index in [1.165, 1.54) is 0 Å². The lowest BCUT2D eigenvalue weighted by Crippen LogP contribution is -1.94. The fourth-order valence-electron chi connectivity index (χ4n) is 2.04. The van der Waals surface area contributed by atoms with Crippen molar-refractivity contribution in [2.45, 2.75) is 7.43 Å². The van der Waals surface area contributed by atoms with Crippen molar-refractivity contribution < 1.29 is 5.21 Å². The Kier molecular flexibility index (Phi) is 5.10. The average molecular weight is 253 g/mol. The lowest BCUT2D eigenvalue weighted by atomic mass is 9.94. The Hall–Kier alpha value is -2.32. The van der Waals surface area contributed by atoms with Gasteiger partial charge < -0.3 is 0 Å². The maximum atomic E-state index is 9.17. The van der Waals surface area contributed by atoms with E-state index in [0.29, 0.717) is 5.69 Å². The summed E-state index contributed by atoms with van der Waals surface area (Å²) < 4.78 is 0. The Balaban J connectivity index is 0.00000180. The van der Waals surface area contributed by atoms with E-state index in [9.17, 15) is 5.21 Å². The molecule has 2 N–H and O–H groups in total. The Morgan fingerprint density at radius 2 is 1.58 bits per heavy atom. The molecule has 0 spiro atoms. The Morgan fingerprint density at radius 3 is 2.21 bits per heavy atom. The Bertz CT molecular complexity index is 588. The normalized spacial score (nSPS) is 9.32. The highest BCUT2D eigenvalue weighted by Gasteiger charge is 2.09. The van der Waals surface area contributed by atoms with Crippen LogP contribution in [0.4, 0.5) is 5.69 Å². The SMILES string of the molecule is C.C=Cc1cccc(-c2ccccc2NO)c1C=C. The van der Waals surface area contributed by atoms with Gasteiger partial charge in [0.1, 0.15) is 0 Å². The molecular formula is C17H19NO. The van der Waals surface area contributed by atoms with Crippen molar-refractivity contribution in [3.63, 3.8) is 0 Å². The van der Waals surface area contributed by atoms with Gasteiger partial charge >= 0.3 is 0 Å². The van der Waals surface area contributed by atoms with E-state index in [1.54, 1.807) is 12.2 Å². The maximum Gasteiger partial charge on any atom is 0.0680 e. The van der Waals surface area contributed by atoms with E-state index in [0.717, 1.165) is 22.3 Å². The zero-order valence-corrected chi connectivity index (χ0v) is 10.1. The quantitative estimate of drug-likeness (QED) is 0.745. The molecule has 2 rings (SSSR count). The van der Waals surface area contributed by atoms with Crippen molar-refractivity contribution in [2.75, 3.05) is 5.48 Å². The van der Waals surface area contributed by atoms with Crippen LogP contribution >= 0.6 is 0 Å². The minimum absolute atomic E-state index is 0. The lowest BCUT2D eigenvalue weighted by molar-refractivity contribution is 0.389. The summed E-state index contributed by atoms with van der Waals surface area (Å²) in [6.45, 7) is 7.65. The van der Waals surface area contributed by atoms with Gasteiger partial charge in [0.15, 0.2) is 0 Å². The second-order valence-electron chi connectivity index (χ2n) is 3.87. The van der Waals surface area contributed by atoms with E-state index in [1.807, 2.05) is 42.5 Å². The van der Waals surface area contributed by atoms with Gasteiger partial charge in [-0.15, -0.1) is 0 Å². The summed E-state index contributed by atoms with van der Waals surface area (Å²) in [5, 5.41) is 9.17. The van der Waals surface area contributed by atoms with E-state index >= 15 is 0 Å². The van der Waals surface area contributed by atoms with Gasteiger partial charge in [0, 0.05) is 5.56 Å². The highest BCUT2D eigenvalue weighted by atomic mass is 16.5. The maximum absolute atomic E-state index is 9.17. The molecule has 0 amide bonds. The second-order valence-corrected chi connectivity index (χ2v) is 3.87. The average Bonchev–Trinajstić information content (AvgIpc) is 2.46. The predicted molar refractivity (Wildman–Crippen MR) is 84.2 cm³/mol. The van der Waals surface area contributed by atoms with Crippen LogP contribution in [-0.4, -0.2) is 5.21 Å². The number of anilines is 1.